The van der Waals surface area contributed by atoms with Crippen molar-refractivity contribution in [3.8, 4) is 5.75 Å². The molecule has 0 unspecified atom stereocenters. The molecule has 0 aromatic heterocycles. The topological polar surface area (TPSA) is 73.6 Å². The Kier molecular flexibility index (Phi) is 6.08. The van der Waals surface area contributed by atoms with Crippen LogP contribution < -0.4 is 15.8 Å². The third kappa shape index (κ3) is 4.64. The molecule has 0 bridgehead atoms. The Balaban J connectivity index is 1.64. The maximum atomic E-state index is 13.2. The summed E-state index contributed by atoms with van der Waals surface area (Å²) in [5, 5.41) is 3.00. The number of hydrogen-bond acceptors (Lipinski definition) is 4. The van der Waals surface area contributed by atoms with Gasteiger partial charge in [-0.1, -0.05) is 12.1 Å². The lowest BCUT2D eigenvalue weighted by molar-refractivity contribution is -0.130. The lowest BCUT2D eigenvalue weighted by Gasteiger charge is -2.34. The highest BCUT2D eigenvalue weighted by molar-refractivity contribution is 5.96. The molecular weight excluding hydrogens is 347 g/mol. The quantitative estimate of drug-likeness (QED) is 0.815. The first-order valence-corrected chi connectivity index (χ1v) is 9.10. The number of rotatable bonds is 6. The first-order chi connectivity index (χ1) is 13.0. The highest BCUT2D eigenvalue weighted by Crippen LogP contribution is 2.32. The molecule has 1 aliphatic rings. The highest BCUT2D eigenvalue weighted by atomic mass is 19.1. The van der Waals surface area contributed by atoms with E-state index in [2.05, 4.69) is 5.32 Å². The molecule has 1 heterocycles. The number of anilines is 1. The van der Waals surface area contributed by atoms with Crippen LogP contribution in [0.2, 0.25) is 0 Å². The molecule has 0 saturated carbocycles. The summed E-state index contributed by atoms with van der Waals surface area (Å²) in [6.07, 6.45) is 1.26. The van der Waals surface area contributed by atoms with Crippen LogP contribution in [-0.4, -0.2) is 25.7 Å². The van der Waals surface area contributed by atoms with Gasteiger partial charge in [-0.15, -0.1) is 0 Å². The second-order valence-corrected chi connectivity index (χ2v) is 6.95. The van der Waals surface area contributed by atoms with E-state index >= 15 is 0 Å². The summed E-state index contributed by atoms with van der Waals surface area (Å²) in [6, 6.07) is 11.8. The van der Waals surface area contributed by atoms with Gasteiger partial charge in [0.2, 0.25) is 5.91 Å². The van der Waals surface area contributed by atoms with Gasteiger partial charge in [0.05, 0.1) is 5.41 Å². The Hall–Kier alpha value is -2.44. The van der Waals surface area contributed by atoms with Crippen LogP contribution in [0.25, 0.3) is 0 Å². The third-order valence-electron chi connectivity index (χ3n) is 5.06. The summed E-state index contributed by atoms with van der Waals surface area (Å²) in [6.45, 7) is 3.59. The van der Waals surface area contributed by atoms with Crippen LogP contribution in [0, 0.1) is 18.2 Å². The number of ether oxygens (including phenoxy) is 2. The number of benzene rings is 2. The van der Waals surface area contributed by atoms with Crippen LogP contribution >= 0.6 is 0 Å². The number of nitrogens with two attached hydrogens (primary N) is 1. The molecule has 0 radical (unpaired) electrons. The Morgan fingerprint density at radius 2 is 2.04 bits per heavy atom. The summed E-state index contributed by atoms with van der Waals surface area (Å²) in [5.41, 5.74) is 7.71. The molecule has 6 heteroatoms. The van der Waals surface area contributed by atoms with Crippen molar-refractivity contribution in [1.82, 2.24) is 0 Å². The van der Waals surface area contributed by atoms with E-state index in [1.807, 2.05) is 25.1 Å². The summed E-state index contributed by atoms with van der Waals surface area (Å²) in [7, 11) is 0. The predicted octanol–water partition coefficient (Wildman–Crippen LogP) is 3.41. The van der Waals surface area contributed by atoms with E-state index in [0.29, 0.717) is 38.3 Å². The van der Waals surface area contributed by atoms with Crippen molar-refractivity contribution in [3.05, 3.63) is 59.4 Å². The minimum absolute atomic E-state index is 0.0650. The van der Waals surface area contributed by atoms with Crippen LogP contribution in [0.15, 0.2) is 42.5 Å². The average Bonchev–Trinajstić information content (AvgIpc) is 2.68. The molecule has 0 spiro atoms. The van der Waals surface area contributed by atoms with Crippen molar-refractivity contribution >= 4 is 11.6 Å². The molecule has 3 N–H and O–H groups in total. The van der Waals surface area contributed by atoms with Gasteiger partial charge >= 0.3 is 0 Å². The summed E-state index contributed by atoms with van der Waals surface area (Å²) in [5.74, 6) is 0.312. The minimum atomic E-state index is -0.572. The van der Waals surface area contributed by atoms with Gasteiger partial charge in [-0.25, -0.2) is 4.39 Å². The molecule has 1 saturated heterocycles. The molecule has 1 fully saturated rings. The number of carbonyl (C=O) groups is 1. The molecule has 27 heavy (non-hydrogen) atoms. The molecule has 3 rings (SSSR count). The van der Waals surface area contributed by atoms with Crippen molar-refractivity contribution in [3.63, 3.8) is 0 Å². The van der Waals surface area contributed by atoms with E-state index < -0.39 is 5.41 Å². The van der Waals surface area contributed by atoms with Gasteiger partial charge in [0.1, 0.15) is 18.2 Å². The van der Waals surface area contributed by atoms with Crippen molar-refractivity contribution in [1.29, 1.82) is 0 Å². The van der Waals surface area contributed by atoms with Crippen LogP contribution in [0.5, 0.6) is 5.75 Å². The number of aryl methyl sites for hydroxylation is 1. The van der Waals surface area contributed by atoms with E-state index in [-0.39, 0.29) is 18.3 Å². The third-order valence-corrected chi connectivity index (χ3v) is 5.06. The number of hydrogen-bond donors (Lipinski definition) is 2. The SMILES string of the molecule is Cc1cc(OCc2cccc(F)c2)ccc1NC(=O)C1(CN)CCOCC1. The smallest absolute Gasteiger partial charge is 0.232 e. The average molecular weight is 372 g/mol. The van der Waals surface area contributed by atoms with Gasteiger partial charge in [-0.2, -0.15) is 0 Å². The maximum Gasteiger partial charge on any atom is 0.232 e. The molecule has 2 aromatic carbocycles. The van der Waals surface area contributed by atoms with Gasteiger partial charge < -0.3 is 20.5 Å². The fraction of sp³-hybridized carbons (Fsp3) is 0.381. The zero-order valence-electron chi connectivity index (χ0n) is 15.5. The van der Waals surface area contributed by atoms with Gasteiger partial charge in [-0.05, 0) is 61.2 Å². The van der Waals surface area contributed by atoms with Crippen molar-refractivity contribution < 1.29 is 18.7 Å². The zero-order chi connectivity index (χ0) is 19.3. The minimum Gasteiger partial charge on any atom is -0.489 e. The summed E-state index contributed by atoms with van der Waals surface area (Å²) < 4.78 is 24.3. The highest BCUT2D eigenvalue weighted by Gasteiger charge is 2.38. The molecule has 0 aliphatic carbocycles. The summed E-state index contributed by atoms with van der Waals surface area (Å²) >= 11 is 0. The van der Waals surface area contributed by atoms with Gasteiger partial charge in [0.15, 0.2) is 0 Å². The van der Waals surface area contributed by atoms with Crippen molar-refractivity contribution in [2.45, 2.75) is 26.4 Å². The van der Waals surface area contributed by atoms with Crippen LogP contribution in [0.1, 0.15) is 24.0 Å². The van der Waals surface area contributed by atoms with Crippen LogP contribution in [0.4, 0.5) is 10.1 Å². The monoisotopic (exact) mass is 372 g/mol. The molecule has 0 atom stereocenters. The maximum absolute atomic E-state index is 13.2. The summed E-state index contributed by atoms with van der Waals surface area (Å²) in [4.78, 5) is 12.8. The number of nitrogens with one attached hydrogen (secondary N) is 1. The molecule has 1 amide bonds. The fourth-order valence-corrected chi connectivity index (χ4v) is 3.20. The van der Waals surface area contributed by atoms with E-state index in [9.17, 15) is 9.18 Å². The standard InChI is InChI=1S/C21H25FN2O3/c1-15-11-18(27-13-16-3-2-4-17(22)12-16)5-6-19(15)24-20(25)21(14-23)7-9-26-10-8-21/h2-6,11-12H,7-10,13-14,23H2,1H3,(H,24,25). The molecule has 2 aromatic rings. The fourth-order valence-electron chi connectivity index (χ4n) is 3.20. The predicted molar refractivity (Wildman–Crippen MR) is 102 cm³/mol. The second-order valence-electron chi connectivity index (χ2n) is 6.95. The Morgan fingerprint density at radius 3 is 2.70 bits per heavy atom. The van der Waals surface area contributed by atoms with Gasteiger partial charge in [0, 0.05) is 25.4 Å². The first-order valence-electron chi connectivity index (χ1n) is 9.10. The Morgan fingerprint density at radius 1 is 1.26 bits per heavy atom. The normalized spacial score (nSPS) is 16.0. The number of carbonyl (C=O) groups excluding carboxylic acids is 1. The van der Waals surface area contributed by atoms with Crippen molar-refractivity contribution in [2.75, 3.05) is 25.1 Å². The van der Waals surface area contributed by atoms with Crippen LogP contribution in [-0.2, 0) is 16.1 Å². The Bertz CT molecular complexity index is 804. The number of amides is 1. The van der Waals surface area contributed by atoms with Crippen molar-refractivity contribution in [2.24, 2.45) is 11.1 Å². The van der Waals surface area contributed by atoms with E-state index in [1.54, 1.807) is 12.1 Å². The molecular formula is C21H25FN2O3. The van der Waals surface area contributed by atoms with E-state index in [1.165, 1.54) is 12.1 Å². The van der Waals surface area contributed by atoms with Crippen LogP contribution in [0.3, 0.4) is 0 Å². The second kappa shape index (κ2) is 8.50. The lowest BCUT2D eigenvalue weighted by atomic mass is 9.79. The van der Waals surface area contributed by atoms with E-state index in [0.717, 1.165) is 16.8 Å². The molecule has 144 valence electrons. The lowest BCUT2D eigenvalue weighted by Crippen LogP contribution is -2.46. The Labute approximate surface area is 158 Å². The zero-order valence-corrected chi connectivity index (χ0v) is 15.5. The molecule has 5 nitrogen and oxygen atoms in total. The molecule has 1 aliphatic heterocycles. The van der Waals surface area contributed by atoms with Gasteiger partial charge in [-0.3, -0.25) is 4.79 Å². The van der Waals surface area contributed by atoms with Gasteiger partial charge in [0.25, 0.3) is 0 Å². The number of halogens is 1. The largest absolute Gasteiger partial charge is 0.489 e. The van der Waals surface area contributed by atoms with E-state index in [4.69, 9.17) is 15.2 Å². The first kappa shape index (κ1) is 19.3.